The van der Waals surface area contributed by atoms with Crippen molar-refractivity contribution in [3.8, 4) is 0 Å². The molecule has 3 aromatic rings. The summed E-state index contributed by atoms with van der Waals surface area (Å²) in [5, 5.41) is 10.1. The van der Waals surface area contributed by atoms with Gasteiger partial charge in [-0.2, -0.15) is 0 Å². The van der Waals surface area contributed by atoms with Crippen LogP contribution in [0.15, 0.2) is 24.3 Å². The van der Waals surface area contributed by atoms with Gasteiger partial charge in [0.2, 0.25) is 11.9 Å². The Bertz CT molecular complexity index is 1100. The first-order chi connectivity index (χ1) is 14.2. The first kappa shape index (κ1) is 17.2. The number of rotatable bonds is 3. The van der Waals surface area contributed by atoms with Crippen molar-refractivity contribution in [2.75, 3.05) is 24.5 Å². The number of aromatic nitrogens is 4. The molecule has 3 fully saturated rings. The van der Waals surface area contributed by atoms with Gasteiger partial charge in [-0.15, -0.1) is 10.2 Å². The van der Waals surface area contributed by atoms with Crippen LogP contribution in [-0.2, 0) is 4.79 Å². The molecule has 3 heterocycles. The van der Waals surface area contributed by atoms with Crippen molar-refractivity contribution >= 4 is 28.4 Å². The van der Waals surface area contributed by atoms with Gasteiger partial charge in [0, 0.05) is 42.9 Å². The molecule has 0 radical (unpaired) electrons. The zero-order valence-corrected chi connectivity index (χ0v) is 16.8. The van der Waals surface area contributed by atoms with E-state index in [1.165, 1.54) is 19.3 Å². The normalized spacial score (nSPS) is 23.0. The molecule has 2 aromatic heterocycles. The summed E-state index contributed by atoms with van der Waals surface area (Å²) in [6.07, 6.45) is 5.66. The van der Waals surface area contributed by atoms with Crippen LogP contribution in [0.2, 0.25) is 0 Å². The summed E-state index contributed by atoms with van der Waals surface area (Å²) in [6, 6.07) is 8.35. The Balaban J connectivity index is 1.39. The topological polar surface area (TPSA) is 66.6 Å². The molecule has 0 N–H and O–H groups in total. The average molecular weight is 390 g/mol. The van der Waals surface area contributed by atoms with E-state index < -0.39 is 0 Å². The van der Waals surface area contributed by atoms with Crippen LogP contribution < -0.4 is 4.90 Å². The summed E-state index contributed by atoms with van der Waals surface area (Å²) >= 11 is 0. The number of fused-ring (bicyclic) bond motifs is 3. The number of piperazine rings is 1. The third kappa shape index (κ3) is 2.70. The first-order valence-electron chi connectivity index (χ1n) is 10.9. The molecule has 0 unspecified atom stereocenters. The van der Waals surface area contributed by atoms with Gasteiger partial charge >= 0.3 is 0 Å². The Morgan fingerprint density at radius 1 is 1.07 bits per heavy atom. The molecule has 7 nitrogen and oxygen atoms in total. The van der Waals surface area contributed by atoms with Gasteiger partial charge in [-0.25, -0.2) is 9.38 Å². The van der Waals surface area contributed by atoms with Gasteiger partial charge in [0.1, 0.15) is 5.82 Å². The number of hydrogen-bond acceptors (Lipinski definition) is 5. The standard InChI is InChI=1S/C22H26N6O/c1-14-13-26(11-12-27(14)21(29)16-5-4-6-16)22-23-18-8-3-2-7-17(18)20-25-24-19(28(20)22)15-9-10-15/h2-3,7-8,14-16H,4-6,9-13H2,1H3/t14-/m0/s1. The Morgan fingerprint density at radius 2 is 1.90 bits per heavy atom. The Morgan fingerprint density at radius 3 is 2.62 bits per heavy atom. The second kappa shape index (κ2) is 6.40. The van der Waals surface area contributed by atoms with Crippen LogP contribution in [0.3, 0.4) is 0 Å². The lowest BCUT2D eigenvalue weighted by Crippen LogP contribution is -2.56. The zero-order valence-electron chi connectivity index (χ0n) is 16.8. The van der Waals surface area contributed by atoms with Crippen molar-refractivity contribution in [2.24, 2.45) is 5.92 Å². The summed E-state index contributed by atoms with van der Waals surface area (Å²) in [4.78, 5) is 22.3. The monoisotopic (exact) mass is 390 g/mol. The molecule has 29 heavy (non-hydrogen) atoms. The molecule has 1 atom stereocenters. The average Bonchev–Trinajstić information content (AvgIpc) is 3.44. The predicted octanol–water partition coefficient (Wildman–Crippen LogP) is 2.99. The van der Waals surface area contributed by atoms with Crippen LogP contribution in [0.25, 0.3) is 16.6 Å². The second-order valence-electron chi connectivity index (χ2n) is 8.87. The summed E-state index contributed by atoms with van der Waals surface area (Å²) < 4.78 is 2.18. The minimum Gasteiger partial charge on any atom is -0.338 e. The number of para-hydroxylation sites is 1. The predicted molar refractivity (Wildman–Crippen MR) is 111 cm³/mol. The SMILES string of the molecule is C[C@H]1CN(c2nc3ccccc3c3nnc(C4CC4)n23)CCN1C(=O)C1CCC1. The number of amides is 1. The van der Waals surface area contributed by atoms with Crippen LogP contribution >= 0.6 is 0 Å². The fourth-order valence-electron chi connectivity index (χ4n) is 4.76. The van der Waals surface area contributed by atoms with Gasteiger partial charge in [-0.3, -0.25) is 4.79 Å². The fourth-order valence-corrected chi connectivity index (χ4v) is 4.76. The lowest BCUT2D eigenvalue weighted by atomic mass is 9.84. The molecule has 6 rings (SSSR count). The molecule has 1 amide bonds. The van der Waals surface area contributed by atoms with E-state index in [4.69, 9.17) is 4.98 Å². The van der Waals surface area contributed by atoms with E-state index in [0.717, 1.165) is 60.8 Å². The van der Waals surface area contributed by atoms with E-state index in [9.17, 15) is 4.79 Å². The van der Waals surface area contributed by atoms with Crippen molar-refractivity contribution in [1.82, 2.24) is 24.5 Å². The van der Waals surface area contributed by atoms with Crippen molar-refractivity contribution in [1.29, 1.82) is 0 Å². The first-order valence-corrected chi connectivity index (χ1v) is 10.9. The van der Waals surface area contributed by atoms with Crippen molar-refractivity contribution in [3.05, 3.63) is 30.1 Å². The Kier molecular flexibility index (Phi) is 3.79. The van der Waals surface area contributed by atoms with Gasteiger partial charge in [0.25, 0.3) is 0 Å². The zero-order chi connectivity index (χ0) is 19.5. The molecule has 1 aromatic carbocycles. The van der Waals surface area contributed by atoms with Crippen molar-refractivity contribution in [2.45, 2.75) is 51.0 Å². The molecule has 1 saturated heterocycles. The summed E-state index contributed by atoms with van der Waals surface area (Å²) in [7, 11) is 0. The van der Waals surface area contributed by atoms with E-state index in [0.29, 0.717) is 11.8 Å². The highest BCUT2D eigenvalue weighted by Gasteiger charge is 2.36. The number of benzene rings is 1. The van der Waals surface area contributed by atoms with Crippen LogP contribution in [0.1, 0.15) is 50.8 Å². The van der Waals surface area contributed by atoms with Crippen LogP contribution in [0.5, 0.6) is 0 Å². The maximum Gasteiger partial charge on any atom is 0.226 e. The van der Waals surface area contributed by atoms with Crippen LogP contribution in [0.4, 0.5) is 5.95 Å². The molecule has 7 heteroatoms. The molecule has 2 aliphatic carbocycles. The largest absolute Gasteiger partial charge is 0.338 e. The highest BCUT2D eigenvalue weighted by Crippen LogP contribution is 2.41. The van der Waals surface area contributed by atoms with Gasteiger partial charge in [-0.1, -0.05) is 18.6 Å². The van der Waals surface area contributed by atoms with Crippen molar-refractivity contribution < 1.29 is 4.79 Å². The molecular weight excluding hydrogens is 364 g/mol. The quantitative estimate of drug-likeness (QED) is 0.688. The Labute approximate surface area is 169 Å². The number of nitrogens with zero attached hydrogens (tertiary/aromatic N) is 6. The molecular formula is C22H26N6O. The number of carbonyl (C=O) groups excluding carboxylic acids is 1. The molecule has 150 valence electrons. The molecule has 0 spiro atoms. The summed E-state index contributed by atoms with van der Waals surface area (Å²) in [5.41, 5.74) is 1.85. The molecule has 3 aliphatic rings. The van der Waals surface area contributed by atoms with Gasteiger partial charge < -0.3 is 9.80 Å². The smallest absolute Gasteiger partial charge is 0.226 e. The van der Waals surface area contributed by atoms with E-state index in [-0.39, 0.29) is 12.0 Å². The number of anilines is 1. The van der Waals surface area contributed by atoms with Crippen LogP contribution in [0, 0.1) is 5.92 Å². The molecule has 0 bridgehead atoms. The highest BCUT2D eigenvalue weighted by atomic mass is 16.2. The van der Waals surface area contributed by atoms with E-state index >= 15 is 0 Å². The number of hydrogen-bond donors (Lipinski definition) is 0. The van der Waals surface area contributed by atoms with Crippen molar-refractivity contribution in [3.63, 3.8) is 0 Å². The van der Waals surface area contributed by atoms with Gasteiger partial charge in [0.05, 0.1) is 5.52 Å². The minimum atomic E-state index is 0.182. The Hall–Kier alpha value is -2.70. The van der Waals surface area contributed by atoms with E-state index in [1.54, 1.807) is 0 Å². The lowest BCUT2D eigenvalue weighted by Gasteiger charge is -2.43. The van der Waals surface area contributed by atoms with Crippen LogP contribution in [-0.4, -0.2) is 56.1 Å². The molecule has 2 saturated carbocycles. The second-order valence-corrected chi connectivity index (χ2v) is 8.87. The minimum absolute atomic E-state index is 0.182. The molecule has 1 aliphatic heterocycles. The fraction of sp³-hybridized carbons (Fsp3) is 0.545. The van der Waals surface area contributed by atoms with Gasteiger partial charge in [-0.05, 0) is 44.7 Å². The van der Waals surface area contributed by atoms with E-state index in [1.807, 2.05) is 18.2 Å². The van der Waals surface area contributed by atoms with Gasteiger partial charge in [0.15, 0.2) is 5.65 Å². The maximum atomic E-state index is 12.8. The lowest BCUT2D eigenvalue weighted by molar-refractivity contribution is -0.140. The highest BCUT2D eigenvalue weighted by molar-refractivity contribution is 5.92. The summed E-state index contributed by atoms with van der Waals surface area (Å²) in [5.74, 6) is 3.06. The maximum absolute atomic E-state index is 12.8. The van der Waals surface area contributed by atoms with E-state index in [2.05, 4.69) is 37.4 Å². The third-order valence-corrected chi connectivity index (χ3v) is 6.84. The summed E-state index contributed by atoms with van der Waals surface area (Å²) in [6.45, 7) is 4.51. The third-order valence-electron chi connectivity index (χ3n) is 6.84. The number of carbonyl (C=O) groups is 1.